The number of piperidine rings is 1. The molecule has 9 nitrogen and oxygen atoms in total. The number of alkyl halides is 3. The summed E-state index contributed by atoms with van der Waals surface area (Å²) in [6, 6.07) is 11.5. The van der Waals surface area contributed by atoms with Gasteiger partial charge in [-0.05, 0) is 75.6 Å². The summed E-state index contributed by atoms with van der Waals surface area (Å²) in [4.78, 5) is 35.4. The van der Waals surface area contributed by atoms with Gasteiger partial charge in [0.15, 0.2) is 0 Å². The third-order valence-electron chi connectivity index (χ3n) is 6.09. The molecule has 1 aliphatic rings. The maximum atomic E-state index is 13.1. The number of hydrogen-bond donors (Lipinski definition) is 2. The van der Waals surface area contributed by atoms with Gasteiger partial charge in [-0.15, -0.1) is 0 Å². The second-order valence-corrected chi connectivity index (χ2v) is 11.2. The smallest absolute Gasteiger partial charge is 0.417 e. The number of carbonyl (C=O) groups excluding carboxylic acids is 2. The van der Waals surface area contributed by atoms with E-state index >= 15 is 0 Å². The van der Waals surface area contributed by atoms with Crippen LogP contribution in [0.15, 0.2) is 60.8 Å². The lowest BCUT2D eigenvalue weighted by molar-refractivity contribution is -0.137. The molecule has 0 spiro atoms. The summed E-state index contributed by atoms with van der Waals surface area (Å²) in [5, 5.41) is 4.85. The number of alkyl carbamates (subject to hydrolysis) is 1. The molecule has 0 saturated carbocycles. The van der Waals surface area contributed by atoms with Crippen molar-refractivity contribution in [1.29, 1.82) is 0 Å². The summed E-state index contributed by atoms with van der Waals surface area (Å²) < 4.78 is 50.6. The molecule has 4 rings (SSSR count). The molecule has 43 heavy (non-hydrogen) atoms. The lowest BCUT2D eigenvalue weighted by Crippen LogP contribution is -2.49. The highest BCUT2D eigenvalue weighted by molar-refractivity contribution is 6.31. The molecule has 1 fully saturated rings. The van der Waals surface area contributed by atoms with Crippen molar-refractivity contribution in [2.75, 3.05) is 23.3 Å². The van der Waals surface area contributed by atoms with Gasteiger partial charge in [0.1, 0.15) is 11.4 Å². The zero-order chi connectivity index (χ0) is 31.2. The number of benzene rings is 2. The molecule has 1 atom stereocenters. The molecular formula is C30H31ClF3N5O4. The Bertz CT molecular complexity index is 1490. The van der Waals surface area contributed by atoms with E-state index in [9.17, 15) is 22.8 Å². The lowest BCUT2D eigenvalue weighted by Gasteiger charge is -2.33. The fourth-order valence-corrected chi connectivity index (χ4v) is 4.50. The molecule has 2 heterocycles. The summed E-state index contributed by atoms with van der Waals surface area (Å²) >= 11 is 5.63. The van der Waals surface area contributed by atoms with Crippen LogP contribution in [0.25, 0.3) is 6.08 Å². The maximum Gasteiger partial charge on any atom is 0.417 e. The Kier molecular flexibility index (Phi) is 9.80. The van der Waals surface area contributed by atoms with E-state index in [0.717, 1.165) is 25.0 Å². The van der Waals surface area contributed by atoms with Crippen molar-refractivity contribution in [2.45, 2.75) is 51.4 Å². The molecule has 2 amide bonds. The van der Waals surface area contributed by atoms with Crippen molar-refractivity contribution in [2.24, 2.45) is 0 Å². The third-order valence-corrected chi connectivity index (χ3v) is 6.42. The zero-order valence-electron chi connectivity index (χ0n) is 23.7. The summed E-state index contributed by atoms with van der Waals surface area (Å²) in [5.41, 5.74) is -1.05. The van der Waals surface area contributed by atoms with E-state index in [1.54, 1.807) is 36.5 Å². The standard InChI is InChI=1S/C30H31ClF3N5O4/c1-29(2,3)43-28(41)37-21-7-5-15-39(18-21)27-35-14-13-26(38-27)42-22-8-4-6-19(16-22)9-12-25(40)36-20-10-11-24(31)23(17-20)30(32,33)34/h4,6,8-14,16-17,21H,5,7,15,18H2,1-3H3,(H,36,40)(H,37,41)/b12-9+. The van der Waals surface area contributed by atoms with Gasteiger partial charge in [0.05, 0.1) is 10.6 Å². The first-order valence-electron chi connectivity index (χ1n) is 13.5. The van der Waals surface area contributed by atoms with Gasteiger partial charge < -0.3 is 25.0 Å². The van der Waals surface area contributed by atoms with Crippen molar-refractivity contribution in [3.8, 4) is 11.6 Å². The monoisotopic (exact) mass is 617 g/mol. The predicted octanol–water partition coefficient (Wildman–Crippen LogP) is 7.09. The molecule has 1 aliphatic heterocycles. The second-order valence-electron chi connectivity index (χ2n) is 10.8. The molecular weight excluding hydrogens is 587 g/mol. The Hall–Kier alpha value is -4.32. The number of hydrogen-bond acceptors (Lipinski definition) is 7. The van der Waals surface area contributed by atoms with Crippen LogP contribution in [-0.2, 0) is 15.7 Å². The van der Waals surface area contributed by atoms with Crippen LogP contribution in [0.4, 0.5) is 29.6 Å². The van der Waals surface area contributed by atoms with E-state index in [1.807, 2.05) is 25.7 Å². The van der Waals surface area contributed by atoms with Crippen LogP contribution in [0, 0.1) is 0 Å². The lowest BCUT2D eigenvalue weighted by atomic mass is 10.1. The quantitative estimate of drug-likeness (QED) is 0.273. The first kappa shape index (κ1) is 31.6. The Morgan fingerprint density at radius 3 is 2.65 bits per heavy atom. The van der Waals surface area contributed by atoms with Gasteiger partial charge in [-0.3, -0.25) is 4.79 Å². The maximum absolute atomic E-state index is 13.1. The molecule has 2 aromatic carbocycles. The Morgan fingerprint density at radius 1 is 1.12 bits per heavy atom. The summed E-state index contributed by atoms with van der Waals surface area (Å²) in [6.45, 7) is 6.65. The topological polar surface area (TPSA) is 106 Å². The van der Waals surface area contributed by atoms with E-state index < -0.39 is 34.4 Å². The van der Waals surface area contributed by atoms with Gasteiger partial charge in [0.25, 0.3) is 0 Å². The third kappa shape index (κ3) is 9.60. The molecule has 2 N–H and O–H groups in total. The van der Waals surface area contributed by atoms with Crippen molar-refractivity contribution in [1.82, 2.24) is 15.3 Å². The second kappa shape index (κ2) is 13.3. The highest BCUT2D eigenvalue weighted by Crippen LogP contribution is 2.36. The summed E-state index contributed by atoms with van der Waals surface area (Å²) in [6.07, 6.45) is 0.800. The predicted molar refractivity (Wildman–Crippen MR) is 157 cm³/mol. The number of ether oxygens (including phenoxy) is 2. The fourth-order valence-electron chi connectivity index (χ4n) is 4.27. The van der Waals surface area contributed by atoms with E-state index in [2.05, 4.69) is 20.6 Å². The Labute approximate surface area is 252 Å². The average molecular weight is 618 g/mol. The molecule has 228 valence electrons. The van der Waals surface area contributed by atoms with Crippen molar-refractivity contribution in [3.05, 3.63) is 77.0 Å². The van der Waals surface area contributed by atoms with Gasteiger partial charge in [0.2, 0.25) is 17.7 Å². The molecule has 0 bridgehead atoms. The highest BCUT2D eigenvalue weighted by Gasteiger charge is 2.33. The van der Waals surface area contributed by atoms with Crippen molar-refractivity contribution >= 4 is 41.3 Å². The molecule has 13 heteroatoms. The molecule has 1 saturated heterocycles. The van der Waals surface area contributed by atoms with E-state index in [4.69, 9.17) is 21.1 Å². The molecule has 1 unspecified atom stereocenters. The van der Waals surface area contributed by atoms with Crippen molar-refractivity contribution in [3.63, 3.8) is 0 Å². The molecule has 3 aromatic rings. The minimum absolute atomic E-state index is 0.0383. The number of nitrogens with one attached hydrogen (secondary N) is 2. The van der Waals surface area contributed by atoms with Gasteiger partial charge in [-0.1, -0.05) is 23.7 Å². The summed E-state index contributed by atoms with van der Waals surface area (Å²) in [7, 11) is 0. The van der Waals surface area contributed by atoms with E-state index in [1.165, 1.54) is 18.2 Å². The number of nitrogens with zero attached hydrogens (tertiary/aromatic N) is 3. The average Bonchev–Trinajstić information content (AvgIpc) is 2.92. The van der Waals surface area contributed by atoms with Crippen LogP contribution in [0.5, 0.6) is 11.6 Å². The Morgan fingerprint density at radius 2 is 1.91 bits per heavy atom. The number of amides is 2. The van der Waals surface area contributed by atoms with E-state index in [0.29, 0.717) is 36.2 Å². The first-order valence-corrected chi connectivity index (χ1v) is 13.8. The van der Waals surface area contributed by atoms with Gasteiger partial charge >= 0.3 is 12.3 Å². The van der Waals surface area contributed by atoms with Crippen LogP contribution in [0.3, 0.4) is 0 Å². The van der Waals surface area contributed by atoms with Gasteiger partial charge in [-0.25, -0.2) is 9.78 Å². The SMILES string of the molecule is CC(C)(C)OC(=O)NC1CCCN(c2nccc(Oc3cccc(/C=C/C(=O)Nc4ccc(Cl)c(C(F)(F)F)c4)c3)n2)C1. The van der Waals surface area contributed by atoms with Crippen LogP contribution in [0.2, 0.25) is 5.02 Å². The van der Waals surface area contributed by atoms with Crippen LogP contribution >= 0.6 is 11.6 Å². The van der Waals surface area contributed by atoms with Gasteiger partial charge in [-0.2, -0.15) is 18.2 Å². The number of aromatic nitrogens is 2. The minimum Gasteiger partial charge on any atom is -0.444 e. The van der Waals surface area contributed by atoms with Gasteiger partial charge in [0, 0.05) is 43.2 Å². The van der Waals surface area contributed by atoms with E-state index in [-0.39, 0.29) is 11.7 Å². The minimum atomic E-state index is -4.65. The Balaban J connectivity index is 1.37. The molecule has 0 radical (unpaired) electrons. The van der Waals surface area contributed by atoms with Crippen LogP contribution in [0.1, 0.15) is 44.7 Å². The fraction of sp³-hybridized carbons (Fsp3) is 0.333. The molecule has 1 aromatic heterocycles. The van der Waals surface area contributed by atoms with Crippen LogP contribution < -0.4 is 20.3 Å². The number of anilines is 2. The van der Waals surface area contributed by atoms with Crippen molar-refractivity contribution < 1.29 is 32.2 Å². The number of carbonyl (C=O) groups is 2. The summed E-state index contributed by atoms with van der Waals surface area (Å²) in [5.74, 6) is 0.581. The molecule has 0 aliphatic carbocycles. The number of halogens is 4. The number of rotatable bonds is 7. The largest absolute Gasteiger partial charge is 0.444 e. The van der Waals surface area contributed by atoms with Crippen LogP contribution in [-0.4, -0.2) is 46.7 Å². The zero-order valence-corrected chi connectivity index (χ0v) is 24.5. The normalized spacial score (nSPS) is 15.7. The highest BCUT2D eigenvalue weighted by atomic mass is 35.5. The first-order chi connectivity index (χ1) is 20.2.